The maximum atomic E-state index is 12.2. The largest absolute Gasteiger partial charge is 0.805 e. The van der Waals surface area contributed by atoms with Crippen molar-refractivity contribution in [2.45, 2.75) is 13.3 Å². The van der Waals surface area contributed by atoms with Crippen molar-refractivity contribution in [3.8, 4) is 6.07 Å². The molecule has 0 fully saturated rings. The number of carbonyl (C=O) groups excluding carboxylic acids is 1. The Bertz CT molecular complexity index is 774. The summed E-state index contributed by atoms with van der Waals surface area (Å²) in [6.45, 7) is 1.54. The first-order chi connectivity index (χ1) is 9.57. The van der Waals surface area contributed by atoms with E-state index in [-0.39, 0.29) is 35.4 Å². The Hall–Kier alpha value is -2.88. The smallest absolute Gasteiger partial charge is 0.346 e. The van der Waals surface area contributed by atoms with Gasteiger partial charge >= 0.3 is 11.6 Å². The molecule has 1 aromatic heterocycles. The quantitative estimate of drug-likeness (QED) is 0.660. The molecule has 1 N–H and O–H groups in total. The molecule has 1 amide bonds. The lowest BCUT2D eigenvalue weighted by Crippen LogP contribution is -2.37. The highest BCUT2D eigenvalue weighted by molar-refractivity contribution is 5.93. The van der Waals surface area contributed by atoms with Gasteiger partial charge in [0.05, 0.1) is 22.6 Å². The first-order valence-electron chi connectivity index (χ1n) is 5.97. The van der Waals surface area contributed by atoms with Gasteiger partial charge < -0.3 is 15.3 Å². The summed E-state index contributed by atoms with van der Waals surface area (Å²) >= 11 is 0. The predicted octanol–water partition coefficient (Wildman–Crippen LogP) is 0.854. The summed E-state index contributed by atoms with van der Waals surface area (Å²) in [4.78, 5) is 24.2. The fourth-order valence-corrected chi connectivity index (χ4v) is 1.92. The average Bonchev–Trinajstić information content (AvgIpc) is 2.45. The summed E-state index contributed by atoms with van der Waals surface area (Å²) in [7, 11) is 0. The van der Waals surface area contributed by atoms with Crippen LogP contribution in [-0.4, -0.2) is 17.2 Å². The molecule has 7 heteroatoms. The number of nitriles is 1. The second-order valence-electron chi connectivity index (χ2n) is 4.18. The molecule has 1 aromatic carbocycles. The number of para-hydroxylation sites is 2. The molecule has 2 rings (SSSR count). The fourth-order valence-electron chi connectivity index (χ4n) is 1.92. The number of aromatic nitrogens is 2. The van der Waals surface area contributed by atoms with Crippen LogP contribution in [0, 0.1) is 28.4 Å². The molecule has 0 saturated carbocycles. The summed E-state index contributed by atoms with van der Waals surface area (Å²) in [6.07, 6.45) is 0.134. The zero-order valence-corrected chi connectivity index (χ0v) is 10.8. The van der Waals surface area contributed by atoms with Crippen LogP contribution in [0.25, 0.3) is 11.0 Å². The van der Waals surface area contributed by atoms with Crippen LogP contribution >= 0.6 is 0 Å². The van der Waals surface area contributed by atoms with E-state index < -0.39 is 5.91 Å². The highest BCUT2D eigenvalue weighted by Gasteiger charge is 2.26. The van der Waals surface area contributed by atoms with E-state index in [9.17, 15) is 14.9 Å². The predicted molar refractivity (Wildman–Crippen MR) is 71.4 cm³/mol. The van der Waals surface area contributed by atoms with Gasteiger partial charge in [-0.1, -0.05) is 12.1 Å². The third kappa shape index (κ3) is 2.19. The highest BCUT2D eigenvalue weighted by Crippen LogP contribution is 2.13. The first-order valence-corrected chi connectivity index (χ1v) is 5.97. The summed E-state index contributed by atoms with van der Waals surface area (Å²) in [5.74, 6) is -0.664. The molecule has 2 aromatic rings. The van der Waals surface area contributed by atoms with Crippen LogP contribution in [-0.2, 0) is 0 Å². The number of hydrogen-bond acceptors (Lipinski definition) is 4. The second-order valence-corrected chi connectivity index (χ2v) is 4.18. The summed E-state index contributed by atoms with van der Waals surface area (Å²) < 4.78 is 1.00. The van der Waals surface area contributed by atoms with E-state index >= 15 is 0 Å². The molecule has 0 aliphatic carbocycles. The van der Waals surface area contributed by atoms with Gasteiger partial charge in [0.2, 0.25) is 0 Å². The van der Waals surface area contributed by atoms with Crippen molar-refractivity contribution < 1.29 is 9.22 Å². The monoisotopic (exact) mass is 272 g/mol. The Kier molecular flexibility index (Phi) is 3.66. The number of rotatable bonds is 3. The van der Waals surface area contributed by atoms with Crippen molar-refractivity contribution in [2.75, 3.05) is 6.54 Å². The molecule has 20 heavy (non-hydrogen) atoms. The van der Waals surface area contributed by atoms with E-state index in [0.717, 1.165) is 0 Å². The van der Waals surface area contributed by atoms with E-state index in [1.165, 1.54) is 19.1 Å². The van der Waals surface area contributed by atoms with E-state index in [2.05, 4.69) is 5.32 Å². The van der Waals surface area contributed by atoms with Crippen LogP contribution in [0.2, 0.25) is 0 Å². The normalized spacial score (nSPS) is 10.2. The lowest BCUT2D eigenvalue weighted by Gasteiger charge is -2.15. The minimum absolute atomic E-state index is 0.0214. The molecule has 0 unspecified atom stereocenters. The lowest BCUT2D eigenvalue weighted by atomic mass is 10.2. The molecule has 7 nitrogen and oxygen atoms in total. The number of amides is 1. The maximum absolute atomic E-state index is 12.2. The van der Waals surface area contributed by atoms with Gasteiger partial charge in [0.15, 0.2) is 0 Å². The molecule has 1 heterocycles. The number of nitrogens with one attached hydrogen (secondary N) is 1. The lowest BCUT2D eigenvalue weighted by molar-refractivity contribution is -0.468. The zero-order chi connectivity index (χ0) is 14.7. The highest BCUT2D eigenvalue weighted by atomic mass is 16.5. The van der Waals surface area contributed by atoms with E-state index in [1.54, 1.807) is 12.1 Å². The van der Waals surface area contributed by atoms with Crippen molar-refractivity contribution in [3.05, 3.63) is 45.8 Å². The van der Waals surface area contributed by atoms with Gasteiger partial charge in [0.25, 0.3) is 5.52 Å². The van der Waals surface area contributed by atoms with Gasteiger partial charge in [-0.15, -0.1) is 0 Å². The summed E-state index contributed by atoms with van der Waals surface area (Å²) in [5.41, 5.74) is 0.0944. The Morgan fingerprint density at radius 1 is 1.50 bits per heavy atom. The van der Waals surface area contributed by atoms with Crippen molar-refractivity contribution in [1.82, 2.24) is 10.0 Å². The molecule has 0 bridgehead atoms. The molecule has 0 atom stereocenters. The Balaban J connectivity index is 2.57. The van der Waals surface area contributed by atoms with Crippen molar-refractivity contribution >= 4 is 16.9 Å². The van der Waals surface area contributed by atoms with Crippen LogP contribution in [0.1, 0.15) is 22.6 Å². The number of fused-ring (bicyclic) bond motifs is 1. The SMILES string of the molecule is Cc1c(C(=O)NCCC#N)[n+](=O)c2ccccc2n1[O-]. The average molecular weight is 272 g/mol. The van der Waals surface area contributed by atoms with Crippen LogP contribution in [0.15, 0.2) is 24.3 Å². The molecular weight excluding hydrogens is 260 g/mol. The van der Waals surface area contributed by atoms with Crippen LogP contribution < -0.4 is 9.74 Å². The van der Waals surface area contributed by atoms with Gasteiger partial charge in [0, 0.05) is 17.5 Å². The van der Waals surface area contributed by atoms with E-state index in [4.69, 9.17) is 5.26 Å². The maximum Gasteiger partial charge on any atom is 0.346 e. The van der Waals surface area contributed by atoms with Gasteiger partial charge in [0.1, 0.15) is 5.52 Å². The van der Waals surface area contributed by atoms with E-state index in [1.807, 2.05) is 6.07 Å². The standard InChI is InChI=1S/C13H12N4O3/c1-9-12(13(18)15-8-4-7-14)17(20)11-6-3-2-5-10(11)16(9)19/h2-3,5-6H,4,8H2,1H3,(H,15,18). The molecular formula is C13H12N4O3. The number of benzene rings is 1. The summed E-state index contributed by atoms with van der Waals surface area (Å²) in [5, 5.41) is 22.9. The van der Waals surface area contributed by atoms with Gasteiger partial charge in [-0.3, -0.25) is 4.79 Å². The minimum Gasteiger partial charge on any atom is -0.805 e. The third-order valence-corrected chi connectivity index (χ3v) is 2.91. The van der Waals surface area contributed by atoms with Crippen LogP contribution in [0.3, 0.4) is 0 Å². The minimum atomic E-state index is -0.664. The van der Waals surface area contributed by atoms with Crippen molar-refractivity contribution in [1.29, 1.82) is 5.26 Å². The molecule has 0 aliphatic heterocycles. The number of nitrogens with zero attached hydrogens (tertiary/aromatic N) is 3. The number of hydrogen-bond donors (Lipinski definition) is 1. The fraction of sp³-hybridized carbons (Fsp3) is 0.231. The van der Waals surface area contributed by atoms with Crippen molar-refractivity contribution in [2.24, 2.45) is 0 Å². The number of carbonyl (C=O) groups is 1. The van der Waals surface area contributed by atoms with Crippen LogP contribution in [0.4, 0.5) is 0 Å². The van der Waals surface area contributed by atoms with Gasteiger partial charge in [-0.2, -0.15) is 5.26 Å². The second kappa shape index (κ2) is 5.40. The van der Waals surface area contributed by atoms with Gasteiger partial charge in [-0.25, -0.2) is 0 Å². The Morgan fingerprint density at radius 3 is 2.90 bits per heavy atom. The molecule has 0 radical (unpaired) electrons. The Labute approximate surface area is 114 Å². The summed E-state index contributed by atoms with van der Waals surface area (Å²) in [6, 6.07) is 8.12. The first kappa shape index (κ1) is 13.5. The van der Waals surface area contributed by atoms with Crippen LogP contribution in [0.5, 0.6) is 0 Å². The molecule has 0 spiro atoms. The molecule has 0 aliphatic rings. The third-order valence-electron chi connectivity index (χ3n) is 2.91. The van der Waals surface area contributed by atoms with E-state index in [0.29, 0.717) is 9.16 Å². The topological polar surface area (TPSA) is 104 Å². The van der Waals surface area contributed by atoms with Gasteiger partial charge in [-0.05, 0) is 13.0 Å². The van der Waals surface area contributed by atoms with Crippen molar-refractivity contribution in [3.63, 3.8) is 0 Å². The molecule has 0 saturated heterocycles. The zero-order valence-electron chi connectivity index (χ0n) is 10.8. The molecule has 102 valence electrons. The Morgan fingerprint density at radius 2 is 2.20 bits per heavy atom.